The molecule has 1 N–H and O–H groups in total. The second kappa shape index (κ2) is 9.93. The second-order valence-electron chi connectivity index (χ2n) is 9.50. The van der Waals surface area contributed by atoms with Crippen molar-refractivity contribution < 1.29 is 9.53 Å². The van der Waals surface area contributed by atoms with Crippen molar-refractivity contribution in [1.29, 1.82) is 0 Å². The molecule has 0 aromatic heterocycles. The summed E-state index contributed by atoms with van der Waals surface area (Å²) in [6.07, 6.45) is 1.03. The van der Waals surface area contributed by atoms with E-state index in [0.717, 1.165) is 30.8 Å². The fourth-order valence-corrected chi connectivity index (χ4v) is 5.25. The summed E-state index contributed by atoms with van der Waals surface area (Å²) in [7, 11) is 1.43. The molecule has 2 atom stereocenters. The SMILES string of the molecule is COC(=O)c1cc(N2C[C@@H](CN[C@H](C)c3cccc4ccccc34)Cc3ccccc32)ccc1C. The predicted molar refractivity (Wildman–Crippen MR) is 144 cm³/mol. The number of aryl methyl sites for hydroxylation is 1. The van der Waals surface area contributed by atoms with E-state index in [2.05, 4.69) is 89.9 Å². The number of nitrogens with zero attached hydrogens (tertiary/aromatic N) is 1. The Morgan fingerprint density at radius 1 is 1.03 bits per heavy atom. The lowest BCUT2D eigenvalue weighted by Crippen LogP contribution is -2.38. The highest BCUT2D eigenvalue weighted by molar-refractivity contribution is 5.92. The number of benzene rings is 4. The van der Waals surface area contributed by atoms with Crippen LogP contribution in [0.1, 0.15) is 40.0 Å². The van der Waals surface area contributed by atoms with Crippen LogP contribution in [0.15, 0.2) is 84.9 Å². The highest BCUT2D eigenvalue weighted by Gasteiger charge is 2.26. The third-order valence-electron chi connectivity index (χ3n) is 7.17. The van der Waals surface area contributed by atoms with E-state index < -0.39 is 0 Å². The van der Waals surface area contributed by atoms with Gasteiger partial charge in [0.05, 0.1) is 12.7 Å². The predicted octanol–water partition coefficient (Wildman–Crippen LogP) is 6.60. The molecule has 0 saturated heterocycles. The van der Waals surface area contributed by atoms with Gasteiger partial charge in [0.25, 0.3) is 0 Å². The molecular formula is C31H32N2O2. The molecule has 5 rings (SSSR count). The quantitative estimate of drug-likeness (QED) is 0.327. The van der Waals surface area contributed by atoms with Crippen LogP contribution in [-0.4, -0.2) is 26.2 Å². The van der Waals surface area contributed by atoms with Gasteiger partial charge < -0.3 is 15.0 Å². The van der Waals surface area contributed by atoms with E-state index >= 15 is 0 Å². The average molecular weight is 465 g/mol. The Kier molecular flexibility index (Phi) is 6.56. The number of hydrogen-bond acceptors (Lipinski definition) is 4. The largest absolute Gasteiger partial charge is 0.465 e. The van der Waals surface area contributed by atoms with Crippen molar-refractivity contribution in [3.8, 4) is 0 Å². The normalized spacial score (nSPS) is 16.1. The molecule has 4 nitrogen and oxygen atoms in total. The molecule has 0 bridgehead atoms. The Bertz CT molecular complexity index is 1360. The maximum absolute atomic E-state index is 12.3. The van der Waals surface area contributed by atoms with E-state index in [1.54, 1.807) is 0 Å². The van der Waals surface area contributed by atoms with Gasteiger partial charge in [-0.15, -0.1) is 0 Å². The van der Waals surface area contributed by atoms with Crippen LogP contribution in [0.5, 0.6) is 0 Å². The number of rotatable bonds is 6. The second-order valence-corrected chi connectivity index (χ2v) is 9.50. The van der Waals surface area contributed by atoms with Crippen molar-refractivity contribution in [2.45, 2.75) is 26.3 Å². The van der Waals surface area contributed by atoms with Crippen LogP contribution >= 0.6 is 0 Å². The van der Waals surface area contributed by atoms with Gasteiger partial charge in [0.1, 0.15) is 0 Å². The Labute approximate surface area is 207 Å². The summed E-state index contributed by atoms with van der Waals surface area (Å²) in [6.45, 7) is 5.99. The molecule has 0 radical (unpaired) electrons. The molecular weight excluding hydrogens is 432 g/mol. The standard InChI is InChI=1S/C31H32N2O2/c1-21-15-16-26(18-29(21)31(34)35-3)33-20-23(17-25-10-5-7-14-30(25)33)19-32-22(2)27-13-8-11-24-9-4-6-12-28(24)27/h4-16,18,22-23,32H,17,19-20H2,1-3H3/t22-,23-/m1/s1. The number of carbonyl (C=O) groups excluding carboxylic acids is 1. The minimum absolute atomic E-state index is 0.247. The Morgan fingerprint density at radius 3 is 2.66 bits per heavy atom. The summed E-state index contributed by atoms with van der Waals surface area (Å²) < 4.78 is 5.02. The van der Waals surface area contributed by atoms with Crippen molar-refractivity contribution >= 4 is 28.1 Å². The van der Waals surface area contributed by atoms with Gasteiger partial charge in [-0.2, -0.15) is 0 Å². The topological polar surface area (TPSA) is 41.6 Å². The molecule has 1 heterocycles. The summed E-state index contributed by atoms with van der Waals surface area (Å²) in [6, 6.07) is 30.0. The highest BCUT2D eigenvalue weighted by Crippen LogP contribution is 2.36. The number of methoxy groups -OCH3 is 1. The first-order valence-corrected chi connectivity index (χ1v) is 12.3. The van der Waals surface area contributed by atoms with Gasteiger partial charge in [-0.05, 0) is 71.8 Å². The van der Waals surface area contributed by atoms with Crippen molar-refractivity contribution in [3.05, 3.63) is 107 Å². The van der Waals surface area contributed by atoms with Crippen LogP contribution in [0.4, 0.5) is 11.4 Å². The molecule has 0 unspecified atom stereocenters. The molecule has 4 heteroatoms. The third-order valence-corrected chi connectivity index (χ3v) is 7.17. The fraction of sp³-hybridized carbons (Fsp3) is 0.258. The molecule has 0 saturated carbocycles. The number of hydrogen-bond donors (Lipinski definition) is 1. The van der Waals surface area contributed by atoms with Crippen LogP contribution in [0.25, 0.3) is 10.8 Å². The van der Waals surface area contributed by atoms with Gasteiger partial charge in [-0.1, -0.05) is 66.7 Å². The number of esters is 1. The van der Waals surface area contributed by atoms with Crippen LogP contribution in [0.2, 0.25) is 0 Å². The lowest BCUT2D eigenvalue weighted by Gasteiger charge is -2.37. The van der Waals surface area contributed by atoms with Gasteiger partial charge >= 0.3 is 5.97 Å². The molecule has 4 aromatic carbocycles. The lowest BCUT2D eigenvalue weighted by molar-refractivity contribution is 0.0600. The number of ether oxygens (including phenoxy) is 1. The molecule has 1 aliphatic rings. The summed E-state index contributed by atoms with van der Waals surface area (Å²) in [4.78, 5) is 14.7. The van der Waals surface area contributed by atoms with E-state index in [9.17, 15) is 4.79 Å². The van der Waals surface area contributed by atoms with Crippen molar-refractivity contribution in [2.24, 2.45) is 5.92 Å². The summed E-state index contributed by atoms with van der Waals surface area (Å²) in [5.41, 5.74) is 6.45. The van der Waals surface area contributed by atoms with Crippen molar-refractivity contribution in [1.82, 2.24) is 5.32 Å². The molecule has 1 aliphatic heterocycles. The van der Waals surface area contributed by atoms with Crippen LogP contribution < -0.4 is 10.2 Å². The third kappa shape index (κ3) is 4.67. The van der Waals surface area contributed by atoms with Crippen molar-refractivity contribution in [2.75, 3.05) is 25.1 Å². The fourth-order valence-electron chi connectivity index (χ4n) is 5.25. The first-order chi connectivity index (χ1) is 17.0. The van der Waals surface area contributed by atoms with E-state index in [-0.39, 0.29) is 12.0 Å². The van der Waals surface area contributed by atoms with Gasteiger partial charge in [0.15, 0.2) is 0 Å². The summed E-state index contributed by atoms with van der Waals surface area (Å²) in [5, 5.41) is 6.39. The van der Waals surface area contributed by atoms with E-state index in [1.165, 1.54) is 34.7 Å². The van der Waals surface area contributed by atoms with E-state index in [4.69, 9.17) is 4.74 Å². The molecule has 0 fully saturated rings. The summed E-state index contributed by atoms with van der Waals surface area (Å²) in [5.74, 6) is 0.141. The van der Waals surface area contributed by atoms with E-state index in [0.29, 0.717) is 11.5 Å². The smallest absolute Gasteiger partial charge is 0.338 e. The molecule has 0 amide bonds. The number of para-hydroxylation sites is 1. The minimum Gasteiger partial charge on any atom is -0.465 e. The highest BCUT2D eigenvalue weighted by atomic mass is 16.5. The first-order valence-electron chi connectivity index (χ1n) is 12.3. The molecule has 178 valence electrons. The monoisotopic (exact) mass is 464 g/mol. The number of anilines is 2. The maximum Gasteiger partial charge on any atom is 0.338 e. The van der Waals surface area contributed by atoms with Gasteiger partial charge in [-0.3, -0.25) is 0 Å². The molecule has 0 aliphatic carbocycles. The number of fused-ring (bicyclic) bond motifs is 2. The lowest BCUT2D eigenvalue weighted by atomic mass is 9.91. The van der Waals surface area contributed by atoms with Crippen LogP contribution in [0.3, 0.4) is 0 Å². The Balaban J connectivity index is 1.39. The Morgan fingerprint density at radius 2 is 1.80 bits per heavy atom. The molecule has 4 aromatic rings. The van der Waals surface area contributed by atoms with Gasteiger partial charge in [0, 0.05) is 30.5 Å². The zero-order valence-corrected chi connectivity index (χ0v) is 20.6. The van der Waals surface area contributed by atoms with Gasteiger partial charge in [-0.25, -0.2) is 4.79 Å². The zero-order chi connectivity index (χ0) is 24.4. The average Bonchev–Trinajstić information content (AvgIpc) is 2.90. The first kappa shape index (κ1) is 23.1. The Hall–Kier alpha value is -3.63. The van der Waals surface area contributed by atoms with Crippen molar-refractivity contribution in [3.63, 3.8) is 0 Å². The maximum atomic E-state index is 12.3. The van der Waals surface area contributed by atoms with Crippen LogP contribution in [0, 0.1) is 12.8 Å². The number of nitrogens with one attached hydrogen (secondary N) is 1. The van der Waals surface area contributed by atoms with E-state index in [1.807, 2.05) is 19.1 Å². The molecule has 0 spiro atoms. The van der Waals surface area contributed by atoms with Gasteiger partial charge in [0.2, 0.25) is 0 Å². The minimum atomic E-state index is -0.295. The van der Waals surface area contributed by atoms with Crippen LogP contribution in [-0.2, 0) is 11.2 Å². The molecule has 35 heavy (non-hydrogen) atoms. The number of carbonyl (C=O) groups is 1. The summed E-state index contributed by atoms with van der Waals surface area (Å²) >= 11 is 0. The zero-order valence-electron chi connectivity index (χ0n) is 20.6.